The molecule has 1 aliphatic rings. The van der Waals surface area contributed by atoms with Crippen LogP contribution in [0.25, 0.3) is 0 Å². The first-order chi connectivity index (χ1) is 8.54. The third kappa shape index (κ3) is 3.04. The van der Waals surface area contributed by atoms with Crippen molar-refractivity contribution in [2.75, 3.05) is 0 Å². The Bertz CT molecular complexity index is 411. The molecule has 1 aromatic rings. The maximum absolute atomic E-state index is 13.9. The Labute approximate surface area is 114 Å². The maximum Gasteiger partial charge on any atom is 0.145 e. The minimum absolute atomic E-state index is 0.193. The summed E-state index contributed by atoms with van der Waals surface area (Å²) >= 11 is 5.81. The van der Waals surface area contributed by atoms with Gasteiger partial charge in [-0.05, 0) is 49.7 Å². The van der Waals surface area contributed by atoms with Crippen LogP contribution in [0, 0.1) is 11.7 Å². The van der Waals surface area contributed by atoms with Crippen molar-refractivity contribution in [1.82, 2.24) is 0 Å². The second-order valence-corrected chi connectivity index (χ2v) is 6.01. The minimum atomic E-state index is -0.304. The number of hydrogen-bond donors (Lipinski definition) is 1. The van der Waals surface area contributed by atoms with Crippen LogP contribution < -0.4 is 5.73 Å². The van der Waals surface area contributed by atoms with Gasteiger partial charge in [0.05, 0.1) is 5.02 Å². The Kier molecular flexibility index (Phi) is 4.29. The Morgan fingerprint density at radius 3 is 2.67 bits per heavy atom. The molecule has 1 aromatic carbocycles. The number of hydrogen-bond acceptors (Lipinski definition) is 1. The SMILES string of the molecule is CCC1CCC(N)(Cc2cccc(Cl)c2F)CC1. The zero-order valence-corrected chi connectivity index (χ0v) is 11.6. The maximum atomic E-state index is 13.9. The van der Waals surface area contributed by atoms with Crippen LogP contribution in [0.4, 0.5) is 4.39 Å². The second kappa shape index (κ2) is 5.58. The molecular weight excluding hydrogens is 249 g/mol. The van der Waals surface area contributed by atoms with Gasteiger partial charge in [0.1, 0.15) is 5.82 Å². The van der Waals surface area contributed by atoms with Gasteiger partial charge in [-0.15, -0.1) is 0 Å². The summed E-state index contributed by atoms with van der Waals surface area (Å²) in [5.41, 5.74) is 6.82. The van der Waals surface area contributed by atoms with E-state index in [9.17, 15) is 4.39 Å². The molecule has 0 unspecified atom stereocenters. The number of nitrogens with two attached hydrogens (primary N) is 1. The molecule has 1 saturated carbocycles. The molecule has 0 aromatic heterocycles. The van der Waals surface area contributed by atoms with Crippen LogP contribution in [0.3, 0.4) is 0 Å². The molecule has 1 nitrogen and oxygen atoms in total. The third-order valence-corrected chi connectivity index (χ3v) is 4.54. The Hall–Kier alpha value is -0.600. The first kappa shape index (κ1) is 13.8. The predicted octanol–water partition coefficient (Wildman–Crippen LogP) is 4.32. The summed E-state index contributed by atoms with van der Waals surface area (Å²) in [6.45, 7) is 2.23. The summed E-state index contributed by atoms with van der Waals surface area (Å²) < 4.78 is 13.9. The molecule has 0 saturated heterocycles. The van der Waals surface area contributed by atoms with E-state index in [1.54, 1.807) is 18.2 Å². The fourth-order valence-electron chi connectivity index (χ4n) is 2.90. The summed E-state index contributed by atoms with van der Waals surface area (Å²) in [5, 5.41) is 0.193. The van der Waals surface area contributed by atoms with E-state index in [1.807, 2.05) is 0 Å². The van der Waals surface area contributed by atoms with Crippen LogP contribution in [-0.2, 0) is 6.42 Å². The van der Waals surface area contributed by atoms with Gasteiger partial charge in [-0.3, -0.25) is 0 Å². The van der Waals surface area contributed by atoms with Gasteiger partial charge in [-0.25, -0.2) is 4.39 Å². The van der Waals surface area contributed by atoms with E-state index >= 15 is 0 Å². The zero-order valence-electron chi connectivity index (χ0n) is 10.9. The Balaban J connectivity index is 2.07. The first-order valence-corrected chi connectivity index (χ1v) is 7.13. The summed E-state index contributed by atoms with van der Waals surface area (Å²) in [5.74, 6) is 0.493. The lowest BCUT2D eigenvalue weighted by Crippen LogP contribution is -2.45. The van der Waals surface area contributed by atoms with Crippen LogP contribution in [0.15, 0.2) is 18.2 Å². The van der Waals surface area contributed by atoms with Crippen molar-refractivity contribution in [3.8, 4) is 0 Å². The van der Waals surface area contributed by atoms with Crippen LogP contribution in [-0.4, -0.2) is 5.54 Å². The van der Waals surface area contributed by atoms with E-state index in [1.165, 1.54) is 6.42 Å². The highest BCUT2D eigenvalue weighted by molar-refractivity contribution is 6.30. The second-order valence-electron chi connectivity index (χ2n) is 5.60. The molecule has 18 heavy (non-hydrogen) atoms. The molecule has 0 heterocycles. The molecule has 0 atom stereocenters. The molecule has 1 fully saturated rings. The minimum Gasteiger partial charge on any atom is -0.325 e. The standard InChI is InChI=1S/C15H21ClFN/c1-2-11-6-8-15(18,9-7-11)10-12-4-3-5-13(16)14(12)17/h3-5,11H,2,6-10,18H2,1H3. The fourth-order valence-corrected chi connectivity index (χ4v) is 3.10. The Morgan fingerprint density at radius 2 is 2.06 bits per heavy atom. The van der Waals surface area contributed by atoms with E-state index < -0.39 is 0 Å². The smallest absolute Gasteiger partial charge is 0.145 e. The van der Waals surface area contributed by atoms with Crippen LogP contribution >= 0.6 is 11.6 Å². The highest BCUT2D eigenvalue weighted by Gasteiger charge is 2.32. The van der Waals surface area contributed by atoms with Crippen molar-refractivity contribution in [3.63, 3.8) is 0 Å². The highest BCUT2D eigenvalue weighted by Crippen LogP contribution is 2.35. The highest BCUT2D eigenvalue weighted by atomic mass is 35.5. The van der Waals surface area contributed by atoms with Crippen LogP contribution in [0.5, 0.6) is 0 Å². The van der Waals surface area contributed by atoms with E-state index in [-0.39, 0.29) is 16.4 Å². The fraction of sp³-hybridized carbons (Fsp3) is 0.600. The van der Waals surface area contributed by atoms with E-state index in [4.69, 9.17) is 17.3 Å². The first-order valence-electron chi connectivity index (χ1n) is 6.76. The normalized spacial score (nSPS) is 28.3. The van der Waals surface area contributed by atoms with Gasteiger partial charge in [0.2, 0.25) is 0 Å². The molecule has 0 radical (unpaired) electrons. The molecule has 0 aliphatic heterocycles. The quantitative estimate of drug-likeness (QED) is 0.869. The topological polar surface area (TPSA) is 26.0 Å². The lowest BCUT2D eigenvalue weighted by Gasteiger charge is -2.37. The average Bonchev–Trinajstić information content (AvgIpc) is 2.36. The van der Waals surface area contributed by atoms with E-state index in [0.29, 0.717) is 12.0 Å². The van der Waals surface area contributed by atoms with Crippen molar-refractivity contribution >= 4 is 11.6 Å². The van der Waals surface area contributed by atoms with Crippen molar-refractivity contribution in [2.45, 2.75) is 51.0 Å². The molecular formula is C15H21ClFN. The van der Waals surface area contributed by atoms with Gasteiger partial charge in [-0.1, -0.05) is 37.1 Å². The van der Waals surface area contributed by atoms with Gasteiger partial charge in [0.15, 0.2) is 0 Å². The van der Waals surface area contributed by atoms with Crippen LogP contribution in [0.1, 0.15) is 44.6 Å². The molecule has 2 rings (SSSR count). The largest absolute Gasteiger partial charge is 0.325 e. The van der Waals surface area contributed by atoms with Gasteiger partial charge in [0, 0.05) is 5.54 Å². The summed E-state index contributed by atoms with van der Waals surface area (Å²) in [4.78, 5) is 0. The van der Waals surface area contributed by atoms with Crippen molar-refractivity contribution < 1.29 is 4.39 Å². The number of halogens is 2. The van der Waals surface area contributed by atoms with Gasteiger partial charge < -0.3 is 5.73 Å². The molecule has 0 amide bonds. The predicted molar refractivity (Wildman–Crippen MR) is 74.3 cm³/mol. The molecule has 0 bridgehead atoms. The third-order valence-electron chi connectivity index (χ3n) is 4.25. The van der Waals surface area contributed by atoms with Crippen LogP contribution in [0.2, 0.25) is 5.02 Å². The zero-order chi connectivity index (χ0) is 13.2. The molecule has 2 N–H and O–H groups in total. The summed E-state index contributed by atoms with van der Waals surface area (Å²) in [7, 11) is 0. The van der Waals surface area contributed by atoms with Crippen molar-refractivity contribution in [2.24, 2.45) is 11.7 Å². The van der Waals surface area contributed by atoms with Gasteiger partial charge >= 0.3 is 0 Å². The summed E-state index contributed by atoms with van der Waals surface area (Å²) in [6.07, 6.45) is 6.11. The van der Waals surface area contributed by atoms with Gasteiger partial charge in [0.25, 0.3) is 0 Å². The molecule has 3 heteroatoms. The van der Waals surface area contributed by atoms with Crippen molar-refractivity contribution in [1.29, 1.82) is 0 Å². The molecule has 1 aliphatic carbocycles. The summed E-state index contributed by atoms with van der Waals surface area (Å²) in [6, 6.07) is 5.17. The lowest BCUT2D eigenvalue weighted by atomic mass is 9.73. The number of benzene rings is 1. The molecule has 0 spiro atoms. The monoisotopic (exact) mass is 269 g/mol. The molecule has 100 valence electrons. The van der Waals surface area contributed by atoms with E-state index in [0.717, 1.165) is 31.6 Å². The average molecular weight is 270 g/mol. The van der Waals surface area contributed by atoms with E-state index in [2.05, 4.69) is 6.92 Å². The van der Waals surface area contributed by atoms with Crippen molar-refractivity contribution in [3.05, 3.63) is 34.6 Å². The number of rotatable bonds is 3. The van der Waals surface area contributed by atoms with Gasteiger partial charge in [-0.2, -0.15) is 0 Å². The lowest BCUT2D eigenvalue weighted by molar-refractivity contribution is 0.227. The Morgan fingerprint density at radius 1 is 1.39 bits per heavy atom.